The molecule has 3 N–H and O–H groups in total. The predicted molar refractivity (Wildman–Crippen MR) is 121 cm³/mol. The first kappa shape index (κ1) is 23.2. The van der Waals surface area contributed by atoms with Gasteiger partial charge < -0.3 is 19.6 Å². The van der Waals surface area contributed by atoms with E-state index in [-0.39, 0.29) is 10.9 Å². The van der Waals surface area contributed by atoms with E-state index in [2.05, 4.69) is 32.1 Å². The number of imidazole rings is 1. The Bertz CT molecular complexity index is 1120. The second kappa shape index (κ2) is 9.80. The second-order valence-electron chi connectivity index (χ2n) is 7.74. The summed E-state index contributed by atoms with van der Waals surface area (Å²) in [4.78, 5) is 7.81. The van der Waals surface area contributed by atoms with E-state index < -0.39 is 10.0 Å². The molecule has 0 aliphatic carbocycles. The molecular weight excluding hydrogens is 418 g/mol. The quantitative estimate of drug-likeness (QED) is 0.381. The molecule has 3 aromatic rings. The topological polar surface area (TPSA) is 122 Å². The maximum absolute atomic E-state index is 13.3. The number of fused-ring (bicyclic) bond motifs is 1. The van der Waals surface area contributed by atoms with E-state index in [0.29, 0.717) is 47.2 Å². The molecule has 0 spiro atoms. The van der Waals surface area contributed by atoms with Crippen LogP contribution in [0.1, 0.15) is 44.6 Å². The van der Waals surface area contributed by atoms with Crippen LogP contribution in [-0.2, 0) is 14.8 Å². The summed E-state index contributed by atoms with van der Waals surface area (Å²) >= 11 is 0. The van der Waals surface area contributed by atoms with Crippen LogP contribution in [0.15, 0.2) is 21.6 Å². The molecule has 3 rings (SSSR count). The summed E-state index contributed by atoms with van der Waals surface area (Å²) < 4.78 is 39.8. The maximum Gasteiger partial charge on any atom is 0.243 e. The first-order chi connectivity index (χ1) is 14.8. The molecule has 0 saturated heterocycles. The van der Waals surface area contributed by atoms with Crippen molar-refractivity contribution >= 4 is 27.0 Å². The molecule has 0 radical (unpaired) electrons. The van der Waals surface area contributed by atoms with Crippen molar-refractivity contribution in [3.05, 3.63) is 23.6 Å². The van der Waals surface area contributed by atoms with Gasteiger partial charge in [0.2, 0.25) is 16.0 Å². The fraction of sp³-hybridized carbons (Fsp3) is 0.524. The molecule has 2 heterocycles. The Morgan fingerprint density at radius 1 is 1.29 bits per heavy atom. The Hall–Kier alpha value is -2.43. The van der Waals surface area contributed by atoms with Crippen LogP contribution in [0, 0.1) is 13.8 Å². The largest absolute Gasteiger partial charge is 0.383 e. The highest BCUT2D eigenvalue weighted by molar-refractivity contribution is 7.89. The molecule has 2 aromatic heterocycles. The molecule has 170 valence electrons. The van der Waals surface area contributed by atoms with Crippen LogP contribution >= 0.6 is 0 Å². The number of benzene rings is 1. The summed E-state index contributed by atoms with van der Waals surface area (Å²) in [5.74, 6) is 1.11. The first-order valence-electron chi connectivity index (χ1n) is 10.5. The average molecular weight is 450 g/mol. The summed E-state index contributed by atoms with van der Waals surface area (Å²) in [6.07, 6.45) is 2.73. The van der Waals surface area contributed by atoms with E-state index in [4.69, 9.17) is 9.26 Å². The van der Waals surface area contributed by atoms with Crippen LogP contribution in [0.3, 0.4) is 0 Å². The number of hydrogen-bond donors (Lipinski definition) is 3. The van der Waals surface area contributed by atoms with Gasteiger partial charge in [-0.1, -0.05) is 24.9 Å². The summed E-state index contributed by atoms with van der Waals surface area (Å²) in [7, 11) is -2.19. The number of hydrogen-bond acceptors (Lipinski definition) is 7. The first-order valence-corrected chi connectivity index (χ1v) is 12.0. The number of unbranched alkanes of at least 4 members (excludes halogenated alkanes) is 1. The monoisotopic (exact) mass is 449 g/mol. The van der Waals surface area contributed by atoms with E-state index in [1.54, 1.807) is 13.2 Å². The van der Waals surface area contributed by atoms with Crippen molar-refractivity contribution in [3.8, 4) is 11.1 Å². The highest BCUT2D eigenvalue weighted by atomic mass is 32.2. The van der Waals surface area contributed by atoms with E-state index in [0.717, 1.165) is 24.8 Å². The Labute approximate surface area is 183 Å². The average Bonchev–Trinajstić information content (AvgIpc) is 3.27. The van der Waals surface area contributed by atoms with Gasteiger partial charge in [-0.25, -0.2) is 18.1 Å². The van der Waals surface area contributed by atoms with Gasteiger partial charge in [-0.3, -0.25) is 0 Å². The van der Waals surface area contributed by atoms with Gasteiger partial charge in [0, 0.05) is 25.3 Å². The third-order valence-corrected chi connectivity index (χ3v) is 6.71. The van der Waals surface area contributed by atoms with Crippen molar-refractivity contribution in [2.75, 3.05) is 25.6 Å². The number of nitrogens with one attached hydrogen (secondary N) is 3. The highest BCUT2D eigenvalue weighted by Crippen LogP contribution is 2.33. The third kappa shape index (κ3) is 5.25. The lowest BCUT2D eigenvalue weighted by molar-refractivity contribution is 0.210. The van der Waals surface area contributed by atoms with Gasteiger partial charge in [0.25, 0.3) is 0 Å². The van der Waals surface area contributed by atoms with Gasteiger partial charge in [-0.15, -0.1) is 0 Å². The van der Waals surface area contributed by atoms with Crippen molar-refractivity contribution in [1.82, 2.24) is 19.8 Å². The number of aromatic amines is 1. The molecule has 1 unspecified atom stereocenters. The predicted octanol–water partition coefficient (Wildman–Crippen LogP) is 3.75. The lowest BCUT2D eigenvalue weighted by atomic mass is 10.0. The Morgan fingerprint density at radius 2 is 2.06 bits per heavy atom. The molecule has 0 amide bonds. The van der Waals surface area contributed by atoms with E-state index in [9.17, 15) is 8.42 Å². The van der Waals surface area contributed by atoms with E-state index >= 15 is 0 Å². The zero-order chi connectivity index (χ0) is 22.6. The van der Waals surface area contributed by atoms with Gasteiger partial charge in [-0.2, -0.15) is 0 Å². The van der Waals surface area contributed by atoms with Gasteiger partial charge >= 0.3 is 0 Å². The Balaban J connectivity index is 2.10. The molecule has 31 heavy (non-hydrogen) atoms. The van der Waals surface area contributed by atoms with Crippen LogP contribution in [0.4, 0.5) is 5.95 Å². The van der Waals surface area contributed by atoms with Crippen LogP contribution in [0.25, 0.3) is 22.2 Å². The molecule has 0 fully saturated rings. The van der Waals surface area contributed by atoms with Gasteiger partial charge in [0.05, 0.1) is 17.8 Å². The van der Waals surface area contributed by atoms with Crippen LogP contribution in [0.5, 0.6) is 0 Å². The Morgan fingerprint density at radius 3 is 2.71 bits per heavy atom. The van der Waals surface area contributed by atoms with Gasteiger partial charge in [0.1, 0.15) is 16.2 Å². The zero-order valence-electron chi connectivity index (χ0n) is 18.7. The number of methoxy groups -OCH3 is 1. The maximum atomic E-state index is 13.3. The molecule has 0 bridgehead atoms. The zero-order valence-corrected chi connectivity index (χ0v) is 19.5. The fourth-order valence-corrected chi connectivity index (χ4v) is 5.05. The molecule has 10 heteroatoms. The summed E-state index contributed by atoms with van der Waals surface area (Å²) in [5, 5.41) is 7.13. The minimum atomic E-state index is -3.80. The number of nitrogens with zero attached hydrogens (tertiary/aromatic N) is 2. The summed E-state index contributed by atoms with van der Waals surface area (Å²) in [6, 6.07) is 3.33. The normalized spacial score (nSPS) is 13.1. The molecule has 0 aliphatic heterocycles. The van der Waals surface area contributed by atoms with Crippen molar-refractivity contribution in [2.24, 2.45) is 0 Å². The number of sulfonamides is 1. The lowest BCUT2D eigenvalue weighted by Gasteiger charge is -2.15. The van der Waals surface area contributed by atoms with Crippen LogP contribution in [-0.4, -0.2) is 49.8 Å². The standard InChI is InChI=1S/C21H31N5O4S/c1-6-7-8-13(2)26-31(27,28)18-12-16(19-14(3)25-30-15(19)4)11-17-20(18)24-21(23-17)22-9-10-29-5/h11-13,26H,6-10H2,1-5H3,(H2,22,23,24). The molecule has 0 aliphatic rings. The van der Waals surface area contributed by atoms with Crippen molar-refractivity contribution < 1.29 is 17.7 Å². The van der Waals surface area contributed by atoms with E-state index in [1.165, 1.54) is 0 Å². The lowest BCUT2D eigenvalue weighted by Crippen LogP contribution is -2.32. The summed E-state index contributed by atoms with van der Waals surface area (Å²) in [6.45, 7) is 8.65. The van der Waals surface area contributed by atoms with Crippen molar-refractivity contribution in [1.29, 1.82) is 0 Å². The number of anilines is 1. The van der Waals surface area contributed by atoms with Gasteiger partial charge in [-0.05, 0) is 44.9 Å². The number of H-pyrrole nitrogens is 1. The minimum absolute atomic E-state index is 0.124. The number of aromatic nitrogens is 3. The third-order valence-electron chi connectivity index (χ3n) is 5.11. The van der Waals surface area contributed by atoms with Crippen molar-refractivity contribution in [3.63, 3.8) is 0 Å². The minimum Gasteiger partial charge on any atom is -0.383 e. The summed E-state index contributed by atoms with van der Waals surface area (Å²) in [5.41, 5.74) is 3.17. The molecular formula is C21H31N5O4S. The number of rotatable bonds is 11. The van der Waals surface area contributed by atoms with E-state index in [1.807, 2.05) is 26.8 Å². The fourth-order valence-electron chi connectivity index (χ4n) is 3.58. The SMILES string of the molecule is CCCCC(C)NS(=O)(=O)c1cc(-c2c(C)noc2C)cc2[nH]c(NCCOC)nc12. The smallest absolute Gasteiger partial charge is 0.243 e. The van der Waals surface area contributed by atoms with Crippen molar-refractivity contribution in [2.45, 2.75) is 57.9 Å². The second-order valence-corrected chi connectivity index (χ2v) is 9.42. The van der Waals surface area contributed by atoms with Crippen LogP contribution in [0.2, 0.25) is 0 Å². The number of ether oxygens (including phenoxy) is 1. The highest BCUT2D eigenvalue weighted by Gasteiger charge is 2.25. The van der Waals surface area contributed by atoms with Crippen LogP contribution < -0.4 is 10.0 Å². The Kier molecular flexibility index (Phi) is 7.34. The molecule has 1 atom stereocenters. The van der Waals surface area contributed by atoms with Gasteiger partial charge in [0.15, 0.2) is 0 Å². The molecule has 0 saturated carbocycles. The molecule has 1 aromatic carbocycles. The molecule has 9 nitrogen and oxygen atoms in total. The number of aryl methyl sites for hydroxylation is 2.